The van der Waals surface area contributed by atoms with Gasteiger partial charge in [0.1, 0.15) is 22.3 Å². The summed E-state index contributed by atoms with van der Waals surface area (Å²) >= 11 is 0. The summed E-state index contributed by atoms with van der Waals surface area (Å²) in [5, 5.41) is 9.85. The first kappa shape index (κ1) is 27.0. The Morgan fingerprint density at radius 2 is 1.79 bits per heavy atom. The van der Waals surface area contributed by atoms with E-state index in [1.165, 1.54) is 0 Å². The van der Waals surface area contributed by atoms with Crippen molar-refractivity contribution in [2.45, 2.75) is 37.6 Å². The Bertz CT molecular complexity index is 1450. The molecule has 1 aromatic heterocycles. The van der Waals surface area contributed by atoms with Crippen LogP contribution in [0, 0.1) is 0 Å². The molecule has 3 heterocycles. The van der Waals surface area contributed by atoms with E-state index >= 15 is 0 Å². The molecule has 0 bridgehead atoms. The first-order chi connectivity index (χ1) is 18.6. The van der Waals surface area contributed by atoms with Gasteiger partial charge in [-0.1, -0.05) is 12.1 Å². The molecule has 0 amide bonds. The van der Waals surface area contributed by atoms with Gasteiger partial charge in [-0.05, 0) is 51.5 Å². The van der Waals surface area contributed by atoms with Crippen molar-refractivity contribution in [1.29, 1.82) is 0 Å². The number of hydrogen-bond donors (Lipinski definition) is 4. The number of benzene rings is 2. The summed E-state index contributed by atoms with van der Waals surface area (Å²) < 4.78 is 40.2. The number of anilines is 6. The van der Waals surface area contributed by atoms with Crippen LogP contribution in [0.25, 0.3) is 0 Å². The Balaban J connectivity index is 1.45. The average molecular weight is 554 g/mol. The lowest BCUT2D eigenvalue weighted by molar-refractivity contribution is 0.122. The van der Waals surface area contributed by atoms with E-state index in [0.29, 0.717) is 55.2 Å². The number of fused-ring (bicyclic) bond motifs is 1. The van der Waals surface area contributed by atoms with E-state index < -0.39 is 15.6 Å². The van der Waals surface area contributed by atoms with Crippen molar-refractivity contribution >= 4 is 44.7 Å². The van der Waals surface area contributed by atoms with Gasteiger partial charge < -0.3 is 30.3 Å². The summed E-state index contributed by atoms with van der Waals surface area (Å²) in [5.74, 6) is 2.26. The number of hydrogen-bond acceptors (Lipinski definition) is 10. The monoisotopic (exact) mass is 553 g/mol. The maximum absolute atomic E-state index is 13.2. The molecule has 208 valence electrons. The third-order valence-electron chi connectivity index (χ3n) is 6.35. The molecule has 0 aliphatic carbocycles. The van der Waals surface area contributed by atoms with Gasteiger partial charge in [0.2, 0.25) is 16.0 Å². The van der Waals surface area contributed by atoms with E-state index in [0.717, 1.165) is 30.0 Å². The van der Waals surface area contributed by atoms with Crippen LogP contribution in [0.3, 0.4) is 0 Å². The van der Waals surface area contributed by atoms with E-state index in [1.807, 2.05) is 39.0 Å². The van der Waals surface area contributed by atoms with Crippen LogP contribution in [0.2, 0.25) is 0 Å². The van der Waals surface area contributed by atoms with Crippen molar-refractivity contribution in [1.82, 2.24) is 14.7 Å². The highest BCUT2D eigenvalue weighted by atomic mass is 32.2. The minimum atomic E-state index is -3.78. The third kappa shape index (κ3) is 6.18. The van der Waals surface area contributed by atoms with Crippen LogP contribution in [0.4, 0.5) is 34.6 Å². The van der Waals surface area contributed by atoms with Crippen molar-refractivity contribution in [2.24, 2.45) is 0 Å². The molecule has 0 atom stereocenters. The Labute approximate surface area is 229 Å². The molecule has 1 fully saturated rings. The number of methoxy groups -OCH3 is 1. The molecule has 4 N–H and O–H groups in total. The summed E-state index contributed by atoms with van der Waals surface area (Å²) in [5.41, 5.74) is 2.48. The maximum Gasteiger partial charge on any atom is 0.243 e. The molecule has 11 nitrogen and oxygen atoms in total. The minimum absolute atomic E-state index is 0.146. The van der Waals surface area contributed by atoms with Gasteiger partial charge >= 0.3 is 0 Å². The van der Waals surface area contributed by atoms with Crippen LogP contribution in [-0.4, -0.2) is 63.9 Å². The summed E-state index contributed by atoms with van der Waals surface area (Å²) in [4.78, 5) is 11.8. The molecule has 3 aromatic rings. The largest absolute Gasteiger partial charge is 0.494 e. The number of rotatable bonds is 8. The molecule has 1 saturated heterocycles. The Morgan fingerprint density at radius 3 is 2.54 bits per heavy atom. The van der Waals surface area contributed by atoms with Gasteiger partial charge in [-0.3, -0.25) is 0 Å². The molecule has 5 rings (SSSR count). The van der Waals surface area contributed by atoms with Crippen LogP contribution in [0.5, 0.6) is 5.75 Å². The van der Waals surface area contributed by atoms with Gasteiger partial charge in [0, 0.05) is 42.5 Å². The highest BCUT2D eigenvalue weighted by molar-refractivity contribution is 7.89. The van der Waals surface area contributed by atoms with Gasteiger partial charge in [-0.15, -0.1) is 0 Å². The number of ether oxygens (including phenoxy) is 2. The fourth-order valence-electron chi connectivity index (χ4n) is 4.64. The lowest BCUT2D eigenvalue weighted by Gasteiger charge is -2.29. The van der Waals surface area contributed by atoms with Crippen molar-refractivity contribution in [3.8, 4) is 5.75 Å². The van der Waals surface area contributed by atoms with Crippen molar-refractivity contribution in [3.63, 3.8) is 0 Å². The Hall–Kier alpha value is -3.61. The zero-order valence-corrected chi connectivity index (χ0v) is 23.5. The molecule has 0 spiro atoms. The first-order valence-corrected chi connectivity index (χ1v) is 14.4. The SMILES string of the molecule is COc1cc(N2CCOCC2)ccc1Nc1nc2c(c(Nc3ccccc3S(=O)(=O)NC(C)(C)C)n1)CCN2. The Morgan fingerprint density at radius 1 is 1.03 bits per heavy atom. The smallest absolute Gasteiger partial charge is 0.243 e. The number of nitrogens with one attached hydrogen (secondary N) is 4. The van der Waals surface area contributed by atoms with Crippen LogP contribution < -0.4 is 30.3 Å². The van der Waals surface area contributed by atoms with Crippen LogP contribution in [-0.2, 0) is 21.2 Å². The van der Waals surface area contributed by atoms with E-state index in [4.69, 9.17) is 14.5 Å². The van der Waals surface area contributed by atoms with Gasteiger partial charge in [-0.2, -0.15) is 9.97 Å². The Kier molecular flexibility index (Phi) is 7.52. The first-order valence-electron chi connectivity index (χ1n) is 13.0. The molecule has 0 radical (unpaired) electrons. The summed E-state index contributed by atoms with van der Waals surface area (Å²) in [6, 6.07) is 12.8. The van der Waals surface area contributed by atoms with Crippen LogP contribution in [0.1, 0.15) is 26.3 Å². The van der Waals surface area contributed by atoms with Crippen molar-refractivity contribution in [3.05, 3.63) is 48.0 Å². The molecule has 39 heavy (non-hydrogen) atoms. The second-order valence-electron chi connectivity index (χ2n) is 10.5. The van der Waals surface area contributed by atoms with E-state index in [9.17, 15) is 8.42 Å². The fourth-order valence-corrected chi connectivity index (χ4v) is 6.23. The topological polar surface area (TPSA) is 130 Å². The standard InChI is InChI=1S/C27H35N7O4S/c1-27(2,3)33-39(35,36)23-8-6-5-7-21(23)29-25-19-11-12-28-24(19)31-26(32-25)30-20-10-9-18(17-22(20)37-4)34-13-15-38-16-14-34/h5-10,17,33H,11-16H2,1-4H3,(H3,28,29,30,31,32). The second-order valence-corrected chi connectivity index (χ2v) is 12.1. The molecular formula is C27H35N7O4S. The zero-order chi connectivity index (χ0) is 27.6. The van der Waals surface area contributed by atoms with E-state index in [2.05, 4.69) is 30.6 Å². The van der Waals surface area contributed by atoms with Gasteiger partial charge in [0.25, 0.3) is 0 Å². The third-order valence-corrected chi connectivity index (χ3v) is 8.17. The normalized spacial score (nSPS) is 15.4. The fraction of sp³-hybridized carbons (Fsp3) is 0.407. The minimum Gasteiger partial charge on any atom is -0.494 e. The maximum atomic E-state index is 13.2. The van der Waals surface area contributed by atoms with Gasteiger partial charge in [-0.25, -0.2) is 13.1 Å². The molecule has 2 aliphatic heterocycles. The highest BCUT2D eigenvalue weighted by Gasteiger charge is 2.26. The van der Waals surface area contributed by atoms with E-state index in [-0.39, 0.29) is 4.90 Å². The molecule has 2 aliphatic rings. The number of aromatic nitrogens is 2. The van der Waals surface area contributed by atoms with Crippen molar-refractivity contribution < 1.29 is 17.9 Å². The predicted octanol–water partition coefficient (Wildman–Crippen LogP) is 3.85. The average Bonchev–Trinajstić information content (AvgIpc) is 3.37. The number of nitrogens with zero attached hydrogens (tertiary/aromatic N) is 3. The summed E-state index contributed by atoms with van der Waals surface area (Å²) in [6.07, 6.45) is 0.713. The lowest BCUT2D eigenvalue weighted by Crippen LogP contribution is -2.40. The number of morpholine rings is 1. The van der Waals surface area contributed by atoms with E-state index in [1.54, 1.807) is 31.4 Å². The van der Waals surface area contributed by atoms with Gasteiger partial charge in [0.05, 0.1) is 31.7 Å². The summed E-state index contributed by atoms with van der Waals surface area (Å²) in [6.45, 7) is 9.19. The molecule has 0 unspecified atom stereocenters. The number of sulfonamides is 1. The molecule has 12 heteroatoms. The predicted molar refractivity (Wildman–Crippen MR) is 153 cm³/mol. The quantitative estimate of drug-likeness (QED) is 0.326. The van der Waals surface area contributed by atoms with Crippen LogP contribution in [0.15, 0.2) is 47.4 Å². The van der Waals surface area contributed by atoms with Gasteiger partial charge in [0.15, 0.2) is 0 Å². The highest BCUT2D eigenvalue weighted by Crippen LogP contribution is 2.35. The number of para-hydroxylation sites is 1. The van der Waals surface area contributed by atoms with Crippen LogP contribution >= 0.6 is 0 Å². The summed E-state index contributed by atoms with van der Waals surface area (Å²) in [7, 11) is -2.15. The lowest BCUT2D eigenvalue weighted by atomic mass is 10.1. The second kappa shape index (κ2) is 10.9. The molecular weight excluding hydrogens is 518 g/mol. The molecule has 2 aromatic carbocycles. The molecule has 0 saturated carbocycles. The van der Waals surface area contributed by atoms with Crippen molar-refractivity contribution in [2.75, 3.05) is 60.8 Å². The zero-order valence-electron chi connectivity index (χ0n) is 22.7.